The molecule has 41 heavy (non-hydrogen) atoms. The second-order valence-electron chi connectivity index (χ2n) is 9.65. The summed E-state index contributed by atoms with van der Waals surface area (Å²) >= 11 is -6.59. The molecular formula is C32H29O6S2Sb. The molecule has 0 spiro atoms. The third-order valence-electron chi connectivity index (χ3n) is 6.78. The van der Waals surface area contributed by atoms with E-state index in [0.717, 1.165) is 11.1 Å². The van der Waals surface area contributed by atoms with Crippen LogP contribution in [0.25, 0.3) is 0 Å². The molecule has 210 valence electrons. The quantitative estimate of drug-likeness (QED) is 0.211. The first-order valence-electron chi connectivity index (χ1n) is 12.8. The molecule has 0 aliphatic carbocycles. The first-order valence-corrected chi connectivity index (χ1v) is 21.5. The van der Waals surface area contributed by atoms with Crippen molar-refractivity contribution in [2.75, 3.05) is 0 Å². The fraction of sp³-hybridized carbons (Fsp3) is 0.0625. The SMILES string of the molecule is Cc1ccc(S(=O)(=O)[O][Sb]([O]S(=O)(=O)c2ccc(C)cc2)([c]2ccccc2)([c]2ccccc2)[c]2ccccc2)cc1. The summed E-state index contributed by atoms with van der Waals surface area (Å²) in [5.74, 6) is 0. The van der Waals surface area contributed by atoms with Crippen LogP contribution in [0.4, 0.5) is 0 Å². The predicted molar refractivity (Wildman–Crippen MR) is 163 cm³/mol. The van der Waals surface area contributed by atoms with Crippen LogP contribution in [0.3, 0.4) is 0 Å². The van der Waals surface area contributed by atoms with Crippen molar-refractivity contribution in [2.45, 2.75) is 23.6 Å². The van der Waals surface area contributed by atoms with Gasteiger partial charge in [0.25, 0.3) is 0 Å². The minimum atomic E-state index is -6.59. The van der Waals surface area contributed by atoms with E-state index in [1.807, 2.05) is 13.8 Å². The zero-order chi connectivity index (χ0) is 29.2. The van der Waals surface area contributed by atoms with E-state index in [1.165, 1.54) is 24.3 Å². The van der Waals surface area contributed by atoms with E-state index < -0.39 is 38.5 Å². The van der Waals surface area contributed by atoms with Crippen molar-refractivity contribution in [3.8, 4) is 0 Å². The molecule has 0 saturated carbocycles. The van der Waals surface area contributed by atoms with Crippen molar-refractivity contribution in [3.63, 3.8) is 0 Å². The number of hydrogen-bond donors (Lipinski definition) is 0. The summed E-state index contributed by atoms with van der Waals surface area (Å²) in [6.45, 7) is 3.69. The first kappa shape index (κ1) is 29.2. The second-order valence-corrected chi connectivity index (χ2v) is 25.1. The fourth-order valence-electron chi connectivity index (χ4n) is 4.68. The van der Waals surface area contributed by atoms with Gasteiger partial charge in [-0.1, -0.05) is 0 Å². The van der Waals surface area contributed by atoms with Crippen LogP contribution >= 0.6 is 0 Å². The van der Waals surface area contributed by atoms with Crippen molar-refractivity contribution >= 4 is 49.0 Å². The van der Waals surface area contributed by atoms with Crippen molar-refractivity contribution in [1.29, 1.82) is 0 Å². The van der Waals surface area contributed by atoms with Crippen LogP contribution in [0, 0.1) is 13.8 Å². The third kappa shape index (κ3) is 5.38. The van der Waals surface area contributed by atoms with Gasteiger partial charge in [-0.15, -0.1) is 0 Å². The summed E-state index contributed by atoms with van der Waals surface area (Å²) in [5.41, 5.74) is 1.72. The molecule has 0 unspecified atom stereocenters. The maximum absolute atomic E-state index is 14.3. The van der Waals surface area contributed by atoms with Gasteiger partial charge in [-0.05, 0) is 0 Å². The van der Waals surface area contributed by atoms with Crippen LogP contribution in [0.15, 0.2) is 149 Å². The minimum absolute atomic E-state index is 0.111. The Morgan fingerprint density at radius 3 is 0.951 bits per heavy atom. The Hall–Kier alpha value is -3.26. The van der Waals surface area contributed by atoms with Gasteiger partial charge in [0.2, 0.25) is 0 Å². The molecule has 0 aromatic heterocycles. The Labute approximate surface area is 243 Å². The van der Waals surface area contributed by atoms with Gasteiger partial charge in [0.15, 0.2) is 0 Å². The molecule has 6 nitrogen and oxygen atoms in total. The molecule has 0 atom stereocenters. The van der Waals surface area contributed by atoms with Gasteiger partial charge < -0.3 is 0 Å². The number of hydrogen-bond acceptors (Lipinski definition) is 6. The van der Waals surface area contributed by atoms with Crippen molar-refractivity contribution in [1.82, 2.24) is 0 Å². The summed E-state index contributed by atoms with van der Waals surface area (Å²) in [4.78, 5) is -0.221. The van der Waals surface area contributed by atoms with Crippen molar-refractivity contribution < 1.29 is 21.8 Å². The molecule has 0 radical (unpaired) electrons. The third-order valence-corrected chi connectivity index (χ3v) is 28.3. The number of aryl methyl sites for hydroxylation is 2. The molecule has 5 aromatic carbocycles. The molecule has 0 saturated heterocycles. The Morgan fingerprint density at radius 1 is 0.415 bits per heavy atom. The Morgan fingerprint density at radius 2 is 0.683 bits per heavy atom. The van der Waals surface area contributed by atoms with Crippen molar-refractivity contribution in [2.24, 2.45) is 0 Å². The summed E-state index contributed by atoms with van der Waals surface area (Å²) < 4.78 is 71.3. The molecule has 5 rings (SSSR count). The van der Waals surface area contributed by atoms with E-state index in [4.69, 9.17) is 4.92 Å². The molecule has 0 bridgehead atoms. The Kier molecular flexibility index (Phi) is 7.98. The number of rotatable bonds is 9. The molecule has 5 aromatic rings. The van der Waals surface area contributed by atoms with Gasteiger partial charge in [0.05, 0.1) is 0 Å². The zero-order valence-corrected chi connectivity index (χ0v) is 26.7. The summed E-state index contributed by atoms with van der Waals surface area (Å²) in [5, 5.41) is 0. The average Bonchev–Trinajstić information content (AvgIpc) is 2.98. The summed E-state index contributed by atoms with van der Waals surface area (Å²) in [6, 6.07) is 38.1. The van der Waals surface area contributed by atoms with Gasteiger partial charge >= 0.3 is 245 Å². The standard InChI is InChI=1S/2C7H8O3S.3C6H5.Sb/c2*1-6-2-4-7(5-3-6)11(8,9)10;3*1-2-4-6-5-3-1;/h2*2-5H,1H3,(H,8,9,10);3*1-5H;/q;;;;;+2/p-2. The monoisotopic (exact) mass is 694 g/mol. The molecule has 9 heteroatoms. The predicted octanol–water partition coefficient (Wildman–Crippen LogP) is 4.53. The summed E-state index contributed by atoms with van der Waals surface area (Å²) in [6.07, 6.45) is 0. The van der Waals surface area contributed by atoms with Crippen LogP contribution in [0.2, 0.25) is 0 Å². The van der Waals surface area contributed by atoms with Crippen LogP contribution in [-0.4, -0.2) is 35.1 Å². The molecule has 0 fully saturated rings. The Balaban J connectivity index is 1.95. The molecule has 0 aliphatic heterocycles. The van der Waals surface area contributed by atoms with E-state index in [1.54, 1.807) is 115 Å². The topological polar surface area (TPSA) is 86.7 Å². The van der Waals surface area contributed by atoms with Crippen LogP contribution in [-0.2, 0) is 25.2 Å². The first-order chi connectivity index (χ1) is 19.6. The second kappa shape index (κ2) is 11.2. The van der Waals surface area contributed by atoms with Crippen LogP contribution in [0.5, 0.6) is 0 Å². The van der Waals surface area contributed by atoms with Crippen LogP contribution in [0.1, 0.15) is 11.1 Å². The number of benzene rings is 5. The van der Waals surface area contributed by atoms with E-state index in [-0.39, 0.29) is 9.79 Å². The molecule has 0 heterocycles. The zero-order valence-electron chi connectivity index (χ0n) is 22.5. The van der Waals surface area contributed by atoms with E-state index >= 15 is 0 Å². The van der Waals surface area contributed by atoms with Gasteiger partial charge in [0, 0.05) is 0 Å². The van der Waals surface area contributed by atoms with E-state index in [0.29, 0.717) is 10.5 Å². The Bertz CT molecular complexity index is 1680. The fourth-order valence-corrected chi connectivity index (χ4v) is 28.8. The normalized spacial score (nSPS) is 13.3. The summed E-state index contributed by atoms with van der Waals surface area (Å²) in [7, 11) is -9.20. The van der Waals surface area contributed by atoms with Gasteiger partial charge in [-0.3, -0.25) is 0 Å². The van der Waals surface area contributed by atoms with Gasteiger partial charge in [0.1, 0.15) is 0 Å². The van der Waals surface area contributed by atoms with Gasteiger partial charge in [-0.25, -0.2) is 0 Å². The molecule has 0 N–H and O–H groups in total. The van der Waals surface area contributed by atoms with Gasteiger partial charge in [-0.2, -0.15) is 0 Å². The molecular weight excluding hydrogens is 666 g/mol. The maximum atomic E-state index is 14.3. The van der Waals surface area contributed by atoms with E-state index in [2.05, 4.69) is 0 Å². The van der Waals surface area contributed by atoms with Crippen LogP contribution < -0.4 is 10.5 Å². The van der Waals surface area contributed by atoms with E-state index in [9.17, 15) is 16.8 Å². The average molecular weight is 695 g/mol. The molecule has 0 amide bonds. The van der Waals surface area contributed by atoms with Crippen molar-refractivity contribution in [3.05, 3.63) is 151 Å². The molecule has 0 aliphatic rings.